The van der Waals surface area contributed by atoms with Gasteiger partial charge in [0.2, 0.25) is 0 Å². The number of esters is 1. The minimum Gasteiger partial charge on any atom is -0.452 e. The molecule has 154 valence electrons. The largest absolute Gasteiger partial charge is 0.452 e. The molecular formula is C23H22N2O4S. The second kappa shape index (κ2) is 10.4. The van der Waals surface area contributed by atoms with E-state index in [1.807, 2.05) is 37.3 Å². The monoisotopic (exact) mass is 422 g/mol. The fourth-order valence-corrected chi connectivity index (χ4v) is 3.46. The Balaban J connectivity index is 1.61. The van der Waals surface area contributed by atoms with E-state index in [9.17, 15) is 14.4 Å². The van der Waals surface area contributed by atoms with Crippen molar-refractivity contribution >= 4 is 34.8 Å². The molecule has 2 aromatic carbocycles. The minimum absolute atomic E-state index is 0.196. The summed E-state index contributed by atoms with van der Waals surface area (Å²) in [6.45, 7) is 2.45. The molecule has 0 atom stereocenters. The van der Waals surface area contributed by atoms with Crippen LogP contribution < -0.4 is 5.32 Å². The first kappa shape index (κ1) is 21.3. The lowest BCUT2D eigenvalue weighted by Crippen LogP contribution is -2.34. The number of rotatable bonds is 8. The van der Waals surface area contributed by atoms with Gasteiger partial charge in [-0.05, 0) is 36.1 Å². The van der Waals surface area contributed by atoms with Gasteiger partial charge in [0, 0.05) is 13.1 Å². The Hall–Kier alpha value is -3.45. The standard InChI is InChI=1S/C23H22N2O4S/c1-2-25(15-17-9-4-3-5-10-17)21(26)16-29-23(28)18-11-6-7-12-19(18)24-22(27)20-13-8-14-30-20/h3-14H,2,15-16H2,1H3,(H,24,27). The number of hydrogen-bond donors (Lipinski definition) is 1. The second-order valence-electron chi connectivity index (χ2n) is 6.45. The SMILES string of the molecule is CCN(Cc1ccccc1)C(=O)COC(=O)c1ccccc1NC(=O)c1cccs1. The zero-order valence-electron chi connectivity index (χ0n) is 16.5. The van der Waals surface area contributed by atoms with Gasteiger partial charge in [-0.15, -0.1) is 11.3 Å². The molecule has 3 aromatic rings. The molecule has 1 heterocycles. The highest BCUT2D eigenvalue weighted by molar-refractivity contribution is 7.12. The van der Waals surface area contributed by atoms with E-state index >= 15 is 0 Å². The first-order valence-electron chi connectivity index (χ1n) is 9.51. The summed E-state index contributed by atoms with van der Waals surface area (Å²) in [4.78, 5) is 39.5. The quantitative estimate of drug-likeness (QED) is 0.552. The van der Waals surface area contributed by atoms with Gasteiger partial charge < -0.3 is 15.0 Å². The normalized spacial score (nSPS) is 10.3. The third kappa shape index (κ3) is 5.55. The van der Waals surface area contributed by atoms with Crippen molar-refractivity contribution in [1.82, 2.24) is 4.90 Å². The molecule has 6 nitrogen and oxygen atoms in total. The summed E-state index contributed by atoms with van der Waals surface area (Å²) in [5.41, 5.74) is 1.53. The van der Waals surface area contributed by atoms with Crippen molar-refractivity contribution in [2.24, 2.45) is 0 Å². The van der Waals surface area contributed by atoms with Gasteiger partial charge in [0.1, 0.15) is 0 Å². The fraction of sp³-hybridized carbons (Fsp3) is 0.174. The summed E-state index contributed by atoms with van der Waals surface area (Å²) >= 11 is 1.31. The number of ether oxygens (including phenoxy) is 1. The van der Waals surface area contributed by atoms with E-state index in [1.165, 1.54) is 11.3 Å². The molecule has 1 aromatic heterocycles. The number of benzene rings is 2. The van der Waals surface area contributed by atoms with Gasteiger partial charge >= 0.3 is 5.97 Å². The van der Waals surface area contributed by atoms with Crippen LogP contribution in [0, 0.1) is 0 Å². The van der Waals surface area contributed by atoms with E-state index in [2.05, 4.69) is 5.32 Å². The van der Waals surface area contributed by atoms with Gasteiger partial charge in [-0.25, -0.2) is 4.79 Å². The number of nitrogens with one attached hydrogen (secondary N) is 1. The van der Waals surface area contributed by atoms with Gasteiger partial charge in [0.15, 0.2) is 6.61 Å². The van der Waals surface area contributed by atoms with Crippen LogP contribution in [0.3, 0.4) is 0 Å². The highest BCUT2D eigenvalue weighted by Crippen LogP contribution is 2.19. The zero-order chi connectivity index (χ0) is 21.3. The fourth-order valence-electron chi connectivity index (χ4n) is 2.84. The third-order valence-corrected chi connectivity index (χ3v) is 5.29. The highest BCUT2D eigenvalue weighted by atomic mass is 32.1. The average Bonchev–Trinajstić information content (AvgIpc) is 3.32. The van der Waals surface area contributed by atoms with Crippen molar-refractivity contribution in [2.75, 3.05) is 18.5 Å². The summed E-state index contributed by atoms with van der Waals surface area (Å²) < 4.78 is 5.24. The molecule has 3 rings (SSSR count). The van der Waals surface area contributed by atoms with Crippen LogP contribution in [0.5, 0.6) is 0 Å². The Labute approximate surface area is 179 Å². The lowest BCUT2D eigenvalue weighted by molar-refractivity contribution is -0.134. The smallest absolute Gasteiger partial charge is 0.340 e. The molecule has 0 aliphatic rings. The Morgan fingerprint density at radius 2 is 1.70 bits per heavy atom. The zero-order valence-corrected chi connectivity index (χ0v) is 17.4. The average molecular weight is 423 g/mol. The molecule has 7 heteroatoms. The van der Waals surface area contributed by atoms with Gasteiger partial charge in [-0.2, -0.15) is 0 Å². The Morgan fingerprint density at radius 1 is 0.967 bits per heavy atom. The van der Waals surface area contributed by atoms with Crippen molar-refractivity contribution in [3.05, 3.63) is 88.1 Å². The van der Waals surface area contributed by atoms with E-state index in [-0.39, 0.29) is 24.0 Å². The van der Waals surface area contributed by atoms with Gasteiger partial charge in [-0.1, -0.05) is 48.5 Å². The molecule has 0 bridgehead atoms. The van der Waals surface area contributed by atoms with Crippen LogP contribution in [0.4, 0.5) is 5.69 Å². The number of amides is 2. The molecule has 0 saturated heterocycles. The molecule has 2 amide bonds. The Bertz CT molecular complexity index is 1000. The van der Waals surface area contributed by atoms with Crippen LogP contribution in [0.15, 0.2) is 72.1 Å². The molecule has 0 aliphatic heterocycles. The number of likely N-dealkylation sites (N-methyl/N-ethyl adjacent to an activating group) is 1. The summed E-state index contributed by atoms with van der Waals surface area (Å²) in [6, 6.07) is 19.7. The highest BCUT2D eigenvalue weighted by Gasteiger charge is 2.19. The summed E-state index contributed by atoms with van der Waals surface area (Å²) in [6.07, 6.45) is 0. The lowest BCUT2D eigenvalue weighted by atomic mass is 10.1. The Kier molecular flexibility index (Phi) is 7.34. The van der Waals surface area contributed by atoms with E-state index in [1.54, 1.807) is 46.7 Å². The predicted molar refractivity (Wildman–Crippen MR) is 117 cm³/mol. The van der Waals surface area contributed by atoms with Crippen LogP contribution in [0.1, 0.15) is 32.5 Å². The molecular weight excluding hydrogens is 400 g/mol. The predicted octanol–water partition coefficient (Wildman–Crippen LogP) is 4.21. The summed E-state index contributed by atoms with van der Waals surface area (Å²) in [5.74, 6) is -1.25. The number of carbonyl (C=O) groups excluding carboxylic acids is 3. The van der Waals surface area contributed by atoms with Crippen molar-refractivity contribution in [3.8, 4) is 0 Å². The first-order valence-corrected chi connectivity index (χ1v) is 10.4. The van der Waals surface area contributed by atoms with Crippen molar-refractivity contribution in [2.45, 2.75) is 13.5 Å². The van der Waals surface area contributed by atoms with E-state index < -0.39 is 5.97 Å². The molecule has 0 aliphatic carbocycles. The summed E-state index contributed by atoms with van der Waals surface area (Å²) in [7, 11) is 0. The minimum atomic E-state index is -0.666. The number of carbonyl (C=O) groups is 3. The van der Waals surface area contributed by atoms with Crippen molar-refractivity contribution in [1.29, 1.82) is 0 Å². The van der Waals surface area contributed by atoms with E-state index in [0.717, 1.165) is 5.56 Å². The van der Waals surface area contributed by atoms with Crippen molar-refractivity contribution < 1.29 is 19.1 Å². The molecule has 0 fully saturated rings. The maximum Gasteiger partial charge on any atom is 0.340 e. The van der Waals surface area contributed by atoms with Gasteiger partial charge in [-0.3, -0.25) is 9.59 Å². The van der Waals surface area contributed by atoms with Crippen LogP contribution in [-0.4, -0.2) is 35.8 Å². The van der Waals surface area contributed by atoms with Crippen LogP contribution in [0.25, 0.3) is 0 Å². The number of para-hydroxylation sites is 1. The van der Waals surface area contributed by atoms with Crippen LogP contribution in [-0.2, 0) is 16.1 Å². The third-order valence-electron chi connectivity index (χ3n) is 4.42. The molecule has 1 N–H and O–H groups in total. The Morgan fingerprint density at radius 3 is 2.40 bits per heavy atom. The second-order valence-corrected chi connectivity index (χ2v) is 7.39. The molecule has 0 radical (unpaired) electrons. The number of hydrogen-bond acceptors (Lipinski definition) is 5. The van der Waals surface area contributed by atoms with Crippen molar-refractivity contribution in [3.63, 3.8) is 0 Å². The van der Waals surface area contributed by atoms with Gasteiger partial charge in [0.25, 0.3) is 11.8 Å². The number of thiophene rings is 1. The molecule has 0 spiro atoms. The van der Waals surface area contributed by atoms with E-state index in [4.69, 9.17) is 4.74 Å². The topological polar surface area (TPSA) is 75.7 Å². The first-order chi connectivity index (χ1) is 14.6. The summed E-state index contributed by atoms with van der Waals surface area (Å²) in [5, 5.41) is 4.52. The van der Waals surface area contributed by atoms with Crippen LogP contribution >= 0.6 is 11.3 Å². The van der Waals surface area contributed by atoms with Crippen LogP contribution in [0.2, 0.25) is 0 Å². The maximum atomic E-state index is 12.6. The molecule has 0 unspecified atom stereocenters. The molecule has 30 heavy (non-hydrogen) atoms. The molecule has 0 saturated carbocycles. The number of anilines is 1. The van der Waals surface area contributed by atoms with E-state index in [0.29, 0.717) is 23.7 Å². The van der Waals surface area contributed by atoms with Gasteiger partial charge in [0.05, 0.1) is 16.1 Å². The number of nitrogens with zero attached hydrogens (tertiary/aromatic N) is 1. The lowest BCUT2D eigenvalue weighted by Gasteiger charge is -2.21. The maximum absolute atomic E-state index is 12.6.